The molecule has 0 spiro atoms. The molecule has 4 heteroatoms. The molecular formula is C59H55F2NO. The SMILES string of the molecule is Cc1cc(N(c2cc(C)c(C)c(C)c2)c2ccc3c(F)cc4c5cc(C=C6c7ccc(C(C)(C)C)cc7C(=O)c7cc(C(C)(C)C)ccc76)ccc5c(F)cc4c3c2)cc(C)c1C. The van der Waals surface area contributed by atoms with E-state index in [-0.39, 0.29) is 28.2 Å². The Labute approximate surface area is 370 Å². The van der Waals surface area contributed by atoms with Crippen molar-refractivity contribution in [2.24, 2.45) is 0 Å². The minimum absolute atomic E-state index is 0.0153. The Morgan fingerprint density at radius 2 is 0.841 bits per heavy atom. The van der Waals surface area contributed by atoms with Crippen LogP contribution in [-0.4, -0.2) is 5.78 Å². The average molecular weight is 832 g/mol. The lowest BCUT2D eigenvalue weighted by molar-refractivity contribution is 0.103. The number of benzene rings is 8. The summed E-state index contributed by atoms with van der Waals surface area (Å²) < 4.78 is 33.1. The summed E-state index contributed by atoms with van der Waals surface area (Å²) in [7, 11) is 0. The number of hydrogen-bond donors (Lipinski definition) is 0. The lowest BCUT2D eigenvalue weighted by Gasteiger charge is -2.28. The van der Waals surface area contributed by atoms with Gasteiger partial charge in [0.25, 0.3) is 0 Å². The molecule has 0 atom stereocenters. The van der Waals surface area contributed by atoms with Gasteiger partial charge in [0.05, 0.1) is 0 Å². The maximum atomic E-state index is 16.5. The zero-order valence-corrected chi connectivity index (χ0v) is 38.6. The fourth-order valence-electron chi connectivity index (χ4n) is 9.41. The van der Waals surface area contributed by atoms with E-state index in [0.29, 0.717) is 43.4 Å². The molecule has 0 saturated heterocycles. The molecule has 9 rings (SSSR count). The number of anilines is 3. The first-order valence-corrected chi connectivity index (χ1v) is 22.0. The fraction of sp³-hybridized carbons (Fsp3) is 0.237. The van der Waals surface area contributed by atoms with E-state index >= 15 is 8.78 Å². The van der Waals surface area contributed by atoms with Gasteiger partial charge in [-0.25, -0.2) is 8.78 Å². The van der Waals surface area contributed by atoms with E-state index in [9.17, 15) is 4.79 Å². The second kappa shape index (κ2) is 14.9. The first-order chi connectivity index (χ1) is 29.7. The monoisotopic (exact) mass is 831 g/mol. The first-order valence-electron chi connectivity index (χ1n) is 22.0. The van der Waals surface area contributed by atoms with Crippen LogP contribution in [0, 0.1) is 53.2 Å². The van der Waals surface area contributed by atoms with Crippen molar-refractivity contribution in [1.82, 2.24) is 0 Å². The number of carbonyl (C=O) groups excluding carboxylic acids is 1. The summed E-state index contributed by atoms with van der Waals surface area (Å²) in [5, 5.41) is 3.38. The average Bonchev–Trinajstić information content (AvgIpc) is 3.23. The Hall–Kier alpha value is -6.39. The fourth-order valence-corrected chi connectivity index (χ4v) is 9.41. The van der Waals surface area contributed by atoms with Crippen LogP contribution in [-0.2, 0) is 10.8 Å². The summed E-state index contributed by atoms with van der Waals surface area (Å²) in [5.74, 6) is -0.722. The molecule has 8 aromatic carbocycles. The molecule has 0 aromatic heterocycles. The maximum absolute atomic E-state index is 16.5. The van der Waals surface area contributed by atoms with E-state index < -0.39 is 0 Å². The number of ketones is 1. The Morgan fingerprint density at radius 3 is 1.29 bits per heavy atom. The highest BCUT2D eigenvalue weighted by Gasteiger charge is 2.30. The third-order valence-corrected chi connectivity index (χ3v) is 13.7. The highest BCUT2D eigenvalue weighted by Crippen LogP contribution is 2.44. The largest absolute Gasteiger partial charge is 0.310 e. The Morgan fingerprint density at radius 1 is 0.429 bits per heavy atom. The van der Waals surface area contributed by atoms with Crippen LogP contribution in [0.3, 0.4) is 0 Å². The molecule has 8 aromatic rings. The Balaban J connectivity index is 1.27. The van der Waals surface area contributed by atoms with Crippen molar-refractivity contribution in [2.45, 2.75) is 93.9 Å². The molecule has 0 bridgehead atoms. The molecule has 0 aliphatic heterocycles. The van der Waals surface area contributed by atoms with E-state index in [1.807, 2.05) is 42.5 Å². The number of fused-ring (bicyclic) bond motifs is 7. The van der Waals surface area contributed by atoms with Gasteiger partial charge in [-0.1, -0.05) is 77.9 Å². The quantitative estimate of drug-likeness (QED) is 0.165. The highest BCUT2D eigenvalue weighted by molar-refractivity contribution is 6.21. The molecule has 0 heterocycles. The number of aryl methyl sites for hydroxylation is 4. The van der Waals surface area contributed by atoms with Crippen LogP contribution in [0.25, 0.3) is 44.0 Å². The normalized spacial score (nSPS) is 12.9. The molecule has 0 saturated carbocycles. The van der Waals surface area contributed by atoms with E-state index in [4.69, 9.17) is 0 Å². The predicted octanol–water partition coefficient (Wildman–Crippen LogP) is 16.5. The second-order valence-corrected chi connectivity index (χ2v) is 20.0. The smallest absolute Gasteiger partial charge is 0.194 e. The van der Waals surface area contributed by atoms with Crippen LogP contribution < -0.4 is 4.90 Å². The summed E-state index contributed by atoms with van der Waals surface area (Å²) >= 11 is 0. The van der Waals surface area contributed by atoms with Crippen molar-refractivity contribution in [2.75, 3.05) is 4.90 Å². The first kappa shape index (κ1) is 41.9. The van der Waals surface area contributed by atoms with Crippen molar-refractivity contribution in [3.05, 3.63) is 193 Å². The van der Waals surface area contributed by atoms with Crippen molar-refractivity contribution in [3.63, 3.8) is 0 Å². The summed E-state index contributed by atoms with van der Waals surface area (Å²) in [6.45, 7) is 25.8. The van der Waals surface area contributed by atoms with Gasteiger partial charge in [0.1, 0.15) is 11.6 Å². The minimum Gasteiger partial charge on any atom is -0.310 e. The molecule has 0 unspecified atom stereocenters. The molecule has 1 aliphatic carbocycles. The zero-order chi connectivity index (χ0) is 45.0. The van der Waals surface area contributed by atoms with Crippen LogP contribution in [0.1, 0.15) is 119 Å². The summed E-state index contributed by atoms with van der Waals surface area (Å²) in [6, 6.07) is 35.9. The number of nitrogens with zero attached hydrogens (tertiary/aromatic N) is 1. The molecule has 63 heavy (non-hydrogen) atoms. The number of carbonyl (C=O) groups is 1. The topological polar surface area (TPSA) is 20.3 Å². The minimum atomic E-state index is -0.371. The third-order valence-electron chi connectivity index (χ3n) is 13.7. The number of rotatable bonds is 4. The van der Waals surface area contributed by atoms with Crippen molar-refractivity contribution in [3.8, 4) is 0 Å². The van der Waals surface area contributed by atoms with Crippen LogP contribution in [0.4, 0.5) is 25.8 Å². The van der Waals surface area contributed by atoms with Crippen LogP contribution in [0.2, 0.25) is 0 Å². The summed E-state index contributed by atoms with van der Waals surface area (Å²) in [4.78, 5) is 16.6. The molecule has 0 fully saturated rings. The Kier molecular flexibility index (Phi) is 9.90. The van der Waals surface area contributed by atoms with Crippen molar-refractivity contribution in [1.29, 1.82) is 0 Å². The molecule has 316 valence electrons. The van der Waals surface area contributed by atoms with Crippen molar-refractivity contribution < 1.29 is 13.6 Å². The van der Waals surface area contributed by atoms with Gasteiger partial charge >= 0.3 is 0 Å². The van der Waals surface area contributed by atoms with Gasteiger partial charge in [-0.15, -0.1) is 0 Å². The summed E-state index contributed by atoms with van der Waals surface area (Å²) in [6.07, 6.45) is 2.10. The number of halogens is 2. The second-order valence-electron chi connectivity index (χ2n) is 20.0. The predicted molar refractivity (Wildman–Crippen MR) is 263 cm³/mol. The van der Waals surface area contributed by atoms with Gasteiger partial charge in [0, 0.05) is 39.0 Å². The molecule has 1 aliphatic rings. The Bertz CT molecular complexity index is 3120. The standard InChI is InChI=1S/C59H55F2NO/c1-32-21-42(22-33(2)36(32)5)62(43-23-34(3)37(6)35(4)24-43)41-16-20-47-50(29-41)52-31-55(60)46-17-13-38(26-49(46)51(52)30-56(47)61)25-48-44-18-14-39(58(7,8)9)27-53(44)57(63)54-28-40(59(10,11)12)15-19-45(48)54/h13-31H,1-12H3. The molecule has 0 amide bonds. The third kappa shape index (κ3) is 7.14. The molecular weight excluding hydrogens is 777 g/mol. The zero-order valence-electron chi connectivity index (χ0n) is 38.6. The van der Waals surface area contributed by atoms with E-state index in [1.54, 1.807) is 18.2 Å². The maximum Gasteiger partial charge on any atom is 0.194 e. The van der Waals surface area contributed by atoms with E-state index in [0.717, 1.165) is 50.5 Å². The van der Waals surface area contributed by atoms with E-state index in [1.165, 1.54) is 33.4 Å². The lowest BCUT2D eigenvalue weighted by Crippen LogP contribution is -2.20. The molecule has 0 radical (unpaired) electrons. The van der Waals surface area contributed by atoms with Gasteiger partial charge in [-0.2, -0.15) is 0 Å². The molecule has 0 N–H and O–H groups in total. The van der Waals surface area contributed by atoms with Gasteiger partial charge < -0.3 is 4.90 Å². The van der Waals surface area contributed by atoms with Crippen LogP contribution in [0.5, 0.6) is 0 Å². The van der Waals surface area contributed by atoms with E-state index in [2.05, 4.69) is 143 Å². The lowest BCUT2D eigenvalue weighted by atomic mass is 9.75. The van der Waals surface area contributed by atoms with Gasteiger partial charge in [-0.3, -0.25) is 4.79 Å². The van der Waals surface area contributed by atoms with Crippen LogP contribution >= 0.6 is 0 Å². The van der Waals surface area contributed by atoms with Crippen LogP contribution in [0.15, 0.2) is 109 Å². The number of hydrogen-bond acceptors (Lipinski definition) is 2. The van der Waals surface area contributed by atoms with Gasteiger partial charge in [0.15, 0.2) is 5.78 Å². The summed E-state index contributed by atoms with van der Waals surface area (Å²) in [5.41, 5.74) is 16.8. The van der Waals surface area contributed by atoms with Crippen molar-refractivity contribution >= 4 is 66.8 Å². The van der Waals surface area contributed by atoms with Gasteiger partial charge in [0.2, 0.25) is 0 Å². The van der Waals surface area contributed by atoms with Gasteiger partial charge in [-0.05, 0) is 220 Å². The highest BCUT2D eigenvalue weighted by atomic mass is 19.1. The molecule has 2 nitrogen and oxygen atoms in total.